The van der Waals surface area contributed by atoms with Crippen molar-refractivity contribution in [2.24, 2.45) is 0 Å². The summed E-state index contributed by atoms with van der Waals surface area (Å²) >= 11 is 0. The first-order valence-corrected chi connectivity index (χ1v) is 8.98. The molecule has 7 heteroatoms. The van der Waals surface area contributed by atoms with E-state index in [1.165, 1.54) is 36.5 Å². The number of ether oxygens (including phenoxy) is 1. The minimum absolute atomic E-state index is 0.114. The van der Waals surface area contributed by atoms with E-state index in [-0.39, 0.29) is 17.3 Å². The first-order valence-electron chi connectivity index (χ1n) is 7.54. The van der Waals surface area contributed by atoms with E-state index >= 15 is 0 Å². The van der Waals surface area contributed by atoms with Crippen molar-refractivity contribution in [3.05, 3.63) is 61.2 Å². The summed E-state index contributed by atoms with van der Waals surface area (Å²) in [5.41, 5.74) is 1.01. The highest BCUT2D eigenvalue weighted by Gasteiger charge is 2.24. The van der Waals surface area contributed by atoms with Crippen LogP contribution in [-0.2, 0) is 14.8 Å². The molecule has 2 aromatic rings. The van der Waals surface area contributed by atoms with Gasteiger partial charge in [-0.2, -0.15) is 0 Å². The van der Waals surface area contributed by atoms with Crippen molar-refractivity contribution in [1.29, 1.82) is 0 Å². The topological polar surface area (TPSA) is 75.7 Å². The Bertz CT molecular complexity index is 861. The molecule has 6 nitrogen and oxygen atoms in total. The average molecular weight is 360 g/mol. The van der Waals surface area contributed by atoms with Crippen molar-refractivity contribution in [3.8, 4) is 5.75 Å². The number of sulfonamides is 1. The molecular formula is C18H20N2O4S. The number of amides is 1. The lowest BCUT2D eigenvalue weighted by Gasteiger charge is -2.23. The van der Waals surface area contributed by atoms with E-state index < -0.39 is 10.0 Å². The zero-order valence-corrected chi connectivity index (χ0v) is 14.9. The van der Waals surface area contributed by atoms with Gasteiger partial charge in [-0.05, 0) is 36.4 Å². The van der Waals surface area contributed by atoms with Gasteiger partial charge in [-0.3, -0.25) is 9.10 Å². The van der Waals surface area contributed by atoms with Crippen molar-refractivity contribution in [2.75, 3.05) is 23.3 Å². The molecule has 0 fully saturated rings. The molecule has 2 aromatic carbocycles. The lowest BCUT2D eigenvalue weighted by atomic mass is 10.3. The molecule has 1 N–H and O–H groups in total. The Morgan fingerprint density at radius 3 is 2.48 bits per heavy atom. The second-order valence-corrected chi connectivity index (χ2v) is 7.09. The normalized spacial score (nSPS) is 10.8. The Balaban J connectivity index is 2.41. The van der Waals surface area contributed by atoms with E-state index in [2.05, 4.69) is 11.9 Å². The average Bonchev–Trinajstić information content (AvgIpc) is 2.59. The van der Waals surface area contributed by atoms with E-state index in [1.54, 1.807) is 36.4 Å². The van der Waals surface area contributed by atoms with Crippen molar-refractivity contribution in [1.82, 2.24) is 0 Å². The van der Waals surface area contributed by atoms with Crippen LogP contribution in [0.3, 0.4) is 0 Å². The monoisotopic (exact) mass is 360 g/mol. The fourth-order valence-corrected chi connectivity index (χ4v) is 3.69. The first-order chi connectivity index (χ1) is 11.9. The van der Waals surface area contributed by atoms with Crippen LogP contribution in [0.15, 0.2) is 66.1 Å². The molecule has 0 aliphatic rings. The van der Waals surface area contributed by atoms with Gasteiger partial charge in [-0.15, -0.1) is 6.58 Å². The van der Waals surface area contributed by atoms with Gasteiger partial charge in [-0.1, -0.05) is 12.1 Å². The summed E-state index contributed by atoms with van der Waals surface area (Å²) in [6, 6.07) is 12.8. The number of rotatable bonds is 7. The van der Waals surface area contributed by atoms with Crippen molar-refractivity contribution in [2.45, 2.75) is 11.8 Å². The summed E-state index contributed by atoms with van der Waals surface area (Å²) < 4.78 is 32.4. The largest absolute Gasteiger partial charge is 0.497 e. The fourth-order valence-electron chi connectivity index (χ4n) is 2.27. The van der Waals surface area contributed by atoms with Crippen LogP contribution in [0.5, 0.6) is 5.75 Å². The van der Waals surface area contributed by atoms with E-state index in [9.17, 15) is 13.2 Å². The van der Waals surface area contributed by atoms with Crippen LogP contribution in [-0.4, -0.2) is 28.0 Å². The Kier molecular flexibility index (Phi) is 5.82. The lowest BCUT2D eigenvalue weighted by molar-refractivity contribution is -0.114. The number of hydrogen-bond donors (Lipinski definition) is 1. The standard InChI is InChI=1S/C18H20N2O4S/c1-4-12-20(16-6-5-7-17(13-16)24-3)25(22,23)18-10-8-15(9-11-18)19-14(2)21/h4-11,13H,1,12H2,2-3H3,(H,19,21). The molecule has 132 valence electrons. The molecule has 0 aliphatic heterocycles. The van der Waals surface area contributed by atoms with Crippen molar-refractivity contribution < 1.29 is 17.9 Å². The molecular weight excluding hydrogens is 340 g/mol. The smallest absolute Gasteiger partial charge is 0.264 e. The minimum atomic E-state index is -3.79. The van der Waals surface area contributed by atoms with Crippen LogP contribution < -0.4 is 14.4 Å². The number of nitrogens with zero attached hydrogens (tertiary/aromatic N) is 1. The van der Waals surface area contributed by atoms with Gasteiger partial charge < -0.3 is 10.1 Å². The van der Waals surface area contributed by atoms with Gasteiger partial charge in [0.25, 0.3) is 10.0 Å². The Morgan fingerprint density at radius 2 is 1.92 bits per heavy atom. The van der Waals surface area contributed by atoms with Crippen LogP contribution in [0.25, 0.3) is 0 Å². The third-order valence-electron chi connectivity index (χ3n) is 3.40. The second kappa shape index (κ2) is 7.85. The number of methoxy groups -OCH3 is 1. The van der Waals surface area contributed by atoms with Crippen molar-refractivity contribution >= 4 is 27.3 Å². The van der Waals surface area contributed by atoms with Gasteiger partial charge in [0, 0.05) is 18.7 Å². The lowest BCUT2D eigenvalue weighted by Crippen LogP contribution is -2.31. The highest BCUT2D eigenvalue weighted by Crippen LogP contribution is 2.27. The molecule has 0 unspecified atom stereocenters. The number of anilines is 2. The first kappa shape index (κ1) is 18.5. The maximum atomic E-state index is 13.0. The summed E-state index contributed by atoms with van der Waals surface area (Å²) in [5.74, 6) is 0.336. The van der Waals surface area contributed by atoms with Gasteiger partial charge in [0.05, 0.1) is 24.2 Å². The third-order valence-corrected chi connectivity index (χ3v) is 5.21. The van der Waals surface area contributed by atoms with E-state index in [0.717, 1.165) is 0 Å². The number of carbonyl (C=O) groups is 1. The van der Waals surface area contributed by atoms with Gasteiger partial charge in [0.1, 0.15) is 5.75 Å². The minimum Gasteiger partial charge on any atom is -0.497 e. The van der Waals surface area contributed by atoms with Crippen LogP contribution in [0.2, 0.25) is 0 Å². The van der Waals surface area contributed by atoms with Crippen LogP contribution in [0, 0.1) is 0 Å². The molecule has 2 rings (SSSR count). The summed E-state index contributed by atoms with van der Waals surface area (Å²) in [6.45, 7) is 5.14. The van der Waals surface area contributed by atoms with Gasteiger partial charge in [0.2, 0.25) is 5.91 Å². The zero-order chi connectivity index (χ0) is 18.4. The van der Waals surface area contributed by atoms with E-state index in [0.29, 0.717) is 17.1 Å². The van der Waals surface area contributed by atoms with E-state index in [4.69, 9.17) is 4.74 Å². The molecule has 0 aromatic heterocycles. The van der Waals surface area contributed by atoms with Crippen LogP contribution in [0.4, 0.5) is 11.4 Å². The van der Waals surface area contributed by atoms with Crippen LogP contribution >= 0.6 is 0 Å². The second-order valence-electron chi connectivity index (χ2n) is 5.23. The molecule has 25 heavy (non-hydrogen) atoms. The SMILES string of the molecule is C=CCN(c1cccc(OC)c1)S(=O)(=O)c1ccc(NC(C)=O)cc1. The molecule has 0 aliphatic carbocycles. The molecule has 0 saturated carbocycles. The van der Waals surface area contributed by atoms with Crippen LogP contribution in [0.1, 0.15) is 6.92 Å². The maximum absolute atomic E-state index is 13.0. The Labute approximate surface area is 147 Å². The number of nitrogens with one attached hydrogen (secondary N) is 1. The number of carbonyl (C=O) groups excluding carboxylic acids is 1. The van der Waals surface area contributed by atoms with Crippen molar-refractivity contribution in [3.63, 3.8) is 0 Å². The zero-order valence-electron chi connectivity index (χ0n) is 14.1. The molecule has 0 bridgehead atoms. The summed E-state index contributed by atoms with van der Waals surface area (Å²) in [6.07, 6.45) is 1.52. The molecule has 0 atom stereocenters. The predicted octanol–water partition coefficient (Wildman–Crippen LogP) is 3.03. The summed E-state index contributed by atoms with van der Waals surface area (Å²) in [5, 5.41) is 2.60. The fraction of sp³-hybridized carbons (Fsp3) is 0.167. The van der Waals surface area contributed by atoms with Gasteiger partial charge in [0.15, 0.2) is 0 Å². The van der Waals surface area contributed by atoms with Gasteiger partial charge in [-0.25, -0.2) is 8.42 Å². The molecule has 0 radical (unpaired) electrons. The summed E-state index contributed by atoms with van der Waals surface area (Å²) in [7, 11) is -2.27. The maximum Gasteiger partial charge on any atom is 0.264 e. The number of benzene rings is 2. The van der Waals surface area contributed by atoms with E-state index in [1.807, 2.05) is 0 Å². The highest BCUT2D eigenvalue weighted by atomic mass is 32.2. The molecule has 0 heterocycles. The molecule has 0 spiro atoms. The highest BCUT2D eigenvalue weighted by molar-refractivity contribution is 7.92. The predicted molar refractivity (Wildman–Crippen MR) is 98.5 cm³/mol. The quantitative estimate of drug-likeness (QED) is 0.770. The Morgan fingerprint density at radius 1 is 1.24 bits per heavy atom. The third kappa shape index (κ3) is 4.39. The molecule has 1 amide bonds. The van der Waals surface area contributed by atoms with Gasteiger partial charge >= 0.3 is 0 Å². The number of hydrogen-bond acceptors (Lipinski definition) is 4. The molecule has 0 saturated heterocycles. The Hall–Kier alpha value is -2.80. The summed E-state index contributed by atoms with van der Waals surface area (Å²) in [4.78, 5) is 11.2.